The van der Waals surface area contributed by atoms with E-state index in [1.807, 2.05) is 37.3 Å². The van der Waals surface area contributed by atoms with E-state index in [0.29, 0.717) is 6.61 Å². The van der Waals surface area contributed by atoms with Gasteiger partial charge in [-0.2, -0.15) is 4.89 Å². The highest BCUT2D eigenvalue weighted by atomic mass is 127. The number of hydrogen-bond acceptors (Lipinski definition) is 3. The van der Waals surface area contributed by atoms with E-state index in [0.717, 1.165) is 9.99 Å². The van der Waals surface area contributed by atoms with Crippen LogP contribution >= 0.6 is 22.6 Å². The second kappa shape index (κ2) is 4.78. The first-order valence-electron chi connectivity index (χ1n) is 4.80. The minimum atomic E-state index is -0.401. The zero-order valence-electron chi connectivity index (χ0n) is 8.48. The van der Waals surface area contributed by atoms with Crippen molar-refractivity contribution in [3.63, 3.8) is 0 Å². The molecule has 0 spiro atoms. The van der Waals surface area contributed by atoms with E-state index in [2.05, 4.69) is 22.6 Å². The van der Waals surface area contributed by atoms with Gasteiger partial charge in [0, 0.05) is 9.99 Å². The van der Waals surface area contributed by atoms with Crippen LogP contribution in [0.2, 0.25) is 0 Å². The first kappa shape index (κ1) is 11.3. The van der Waals surface area contributed by atoms with Gasteiger partial charge in [0.05, 0.1) is 6.61 Å². The normalized spacial score (nSPS) is 31.5. The Bertz CT molecular complexity index is 307. The Morgan fingerprint density at radius 3 is 2.67 bits per heavy atom. The molecule has 2 unspecified atom stereocenters. The van der Waals surface area contributed by atoms with E-state index in [4.69, 9.17) is 14.5 Å². The molecule has 82 valence electrons. The van der Waals surface area contributed by atoms with Crippen LogP contribution in [0.15, 0.2) is 30.3 Å². The molecule has 0 aromatic heterocycles. The summed E-state index contributed by atoms with van der Waals surface area (Å²) in [5.74, 6) is 0. The van der Waals surface area contributed by atoms with E-state index in [-0.39, 0.29) is 5.60 Å². The van der Waals surface area contributed by atoms with E-state index in [9.17, 15) is 0 Å². The monoisotopic (exact) mass is 320 g/mol. The molecule has 1 saturated heterocycles. The Morgan fingerprint density at radius 1 is 1.40 bits per heavy atom. The highest BCUT2D eigenvalue weighted by Crippen LogP contribution is 2.29. The zero-order valence-corrected chi connectivity index (χ0v) is 10.6. The summed E-state index contributed by atoms with van der Waals surface area (Å²) >= 11 is 2.26. The molecule has 1 heterocycles. The molecule has 3 nitrogen and oxygen atoms in total. The molecule has 1 aliphatic rings. The predicted molar refractivity (Wildman–Crippen MR) is 64.6 cm³/mol. The summed E-state index contributed by atoms with van der Waals surface area (Å²) in [4.78, 5) is 10.6. The minimum Gasteiger partial charge on any atom is -0.343 e. The Labute approximate surface area is 103 Å². The zero-order chi connectivity index (χ0) is 10.7. The lowest BCUT2D eigenvalue weighted by atomic mass is 10.1. The molecule has 0 saturated carbocycles. The summed E-state index contributed by atoms with van der Waals surface area (Å²) in [5, 5.41) is 0. The van der Waals surface area contributed by atoms with Crippen molar-refractivity contribution in [2.75, 3.05) is 11.0 Å². The maximum Gasteiger partial charge on any atom is 0.217 e. The van der Waals surface area contributed by atoms with Crippen molar-refractivity contribution in [1.82, 2.24) is 0 Å². The Morgan fingerprint density at radius 2 is 2.13 bits per heavy atom. The molecule has 1 fully saturated rings. The van der Waals surface area contributed by atoms with E-state index in [1.165, 1.54) is 0 Å². The minimum absolute atomic E-state index is 0.328. The van der Waals surface area contributed by atoms with Crippen molar-refractivity contribution in [3.8, 4) is 0 Å². The topological polar surface area (TPSA) is 27.7 Å². The lowest BCUT2D eigenvalue weighted by molar-refractivity contribution is -0.467. The first-order valence-corrected chi connectivity index (χ1v) is 6.33. The van der Waals surface area contributed by atoms with Crippen molar-refractivity contribution in [2.24, 2.45) is 0 Å². The van der Waals surface area contributed by atoms with Crippen LogP contribution in [0.25, 0.3) is 0 Å². The molecule has 2 rings (SSSR count). The second-order valence-electron chi connectivity index (χ2n) is 3.82. The van der Waals surface area contributed by atoms with Crippen LogP contribution < -0.4 is 0 Å². The molecular weight excluding hydrogens is 307 g/mol. The van der Waals surface area contributed by atoms with Gasteiger partial charge in [-0.05, 0) is 6.92 Å². The molecule has 0 radical (unpaired) electrons. The molecular formula is C11H13IO3. The lowest BCUT2D eigenvalue weighted by Crippen LogP contribution is -2.41. The average molecular weight is 320 g/mol. The number of ether oxygens (including phenoxy) is 1. The van der Waals surface area contributed by atoms with Gasteiger partial charge in [0.1, 0.15) is 5.60 Å². The summed E-state index contributed by atoms with van der Waals surface area (Å²) in [6.07, 6.45) is -0.401. The molecule has 0 bridgehead atoms. The molecule has 4 heteroatoms. The van der Waals surface area contributed by atoms with E-state index in [1.54, 1.807) is 0 Å². The fourth-order valence-corrected chi connectivity index (χ4v) is 1.63. The molecule has 15 heavy (non-hydrogen) atoms. The van der Waals surface area contributed by atoms with E-state index >= 15 is 0 Å². The highest BCUT2D eigenvalue weighted by Gasteiger charge is 2.34. The van der Waals surface area contributed by atoms with Crippen LogP contribution in [0, 0.1) is 0 Å². The van der Waals surface area contributed by atoms with Gasteiger partial charge >= 0.3 is 0 Å². The van der Waals surface area contributed by atoms with Crippen LogP contribution in [0.5, 0.6) is 0 Å². The summed E-state index contributed by atoms with van der Waals surface area (Å²) in [5.41, 5.74) is 0.652. The maximum absolute atomic E-state index is 5.62. The van der Waals surface area contributed by atoms with Gasteiger partial charge in [-0.3, -0.25) is 0 Å². The van der Waals surface area contributed by atoms with Gasteiger partial charge < -0.3 is 4.74 Å². The third-order valence-electron chi connectivity index (χ3n) is 2.23. The SMILES string of the molecule is CC1(CI)COC(c2ccccc2)OO1. The van der Waals surface area contributed by atoms with Crippen molar-refractivity contribution in [3.05, 3.63) is 35.9 Å². The largest absolute Gasteiger partial charge is 0.343 e. The lowest BCUT2D eigenvalue weighted by Gasteiger charge is -2.34. The Kier molecular flexibility index (Phi) is 3.60. The summed E-state index contributed by atoms with van der Waals surface area (Å²) in [6, 6.07) is 9.78. The highest BCUT2D eigenvalue weighted by molar-refractivity contribution is 14.1. The Balaban J connectivity index is 2.00. The first-order chi connectivity index (χ1) is 7.23. The fraction of sp³-hybridized carbons (Fsp3) is 0.455. The van der Waals surface area contributed by atoms with Gasteiger partial charge in [0.25, 0.3) is 0 Å². The number of hydrogen-bond donors (Lipinski definition) is 0. The smallest absolute Gasteiger partial charge is 0.217 e. The van der Waals surface area contributed by atoms with Gasteiger partial charge in [-0.25, -0.2) is 4.89 Å². The third kappa shape index (κ3) is 2.69. The van der Waals surface area contributed by atoms with Crippen LogP contribution in [0.3, 0.4) is 0 Å². The van der Waals surface area contributed by atoms with Crippen molar-refractivity contribution in [1.29, 1.82) is 0 Å². The van der Waals surface area contributed by atoms with Crippen molar-refractivity contribution in [2.45, 2.75) is 18.8 Å². The van der Waals surface area contributed by atoms with Crippen LogP contribution in [0.1, 0.15) is 18.8 Å². The van der Waals surface area contributed by atoms with Crippen LogP contribution in [-0.4, -0.2) is 16.6 Å². The quantitative estimate of drug-likeness (QED) is 0.476. The molecule has 1 aliphatic heterocycles. The van der Waals surface area contributed by atoms with Crippen LogP contribution in [0.4, 0.5) is 0 Å². The molecule has 0 N–H and O–H groups in total. The molecule has 1 aromatic rings. The van der Waals surface area contributed by atoms with Crippen molar-refractivity contribution < 1.29 is 14.5 Å². The number of rotatable bonds is 2. The standard InChI is InChI=1S/C11H13IO3/c1-11(7-12)8-13-10(14-15-11)9-5-3-2-4-6-9/h2-6,10H,7-8H2,1H3. The number of halogens is 1. The third-order valence-corrected chi connectivity index (χ3v) is 3.84. The average Bonchev–Trinajstić information content (AvgIpc) is 2.31. The molecule has 2 atom stereocenters. The maximum atomic E-state index is 5.62. The molecule has 0 amide bonds. The van der Waals surface area contributed by atoms with Crippen LogP contribution in [-0.2, 0) is 14.5 Å². The summed E-state index contributed by atoms with van der Waals surface area (Å²) in [6.45, 7) is 2.52. The predicted octanol–water partition coefficient (Wildman–Crippen LogP) is 2.86. The van der Waals surface area contributed by atoms with Gasteiger partial charge in [0.2, 0.25) is 6.29 Å². The van der Waals surface area contributed by atoms with Crippen molar-refractivity contribution >= 4 is 22.6 Å². The summed E-state index contributed by atoms with van der Waals surface area (Å²) in [7, 11) is 0. The van der Waals surface area contributed by atoms with Gasteiger partial charge in [-0.15, -0.1) is 0 Å². The number of alkyl halides is 1. The molecule has 1 aromatic carbocycles. The second-order valence-corrected chi connectivity index (χ2v) is 4.58. The van der Waals surface area contributed by atoms with E-state index < -0.39 is 6.29 Å². The van der Waals surface area contributed by atoms with Gasteiger partial charge in [0.15, 0.2) is 0 Å². The fourth-order valence-electron chi connectivity index (χ4n) is 1.29. The number of benzene rings is 1. The Hall–Kier alpha value is -0.170. The molecule has 0 aliphatic carbocycles. The summed E-state index contributed by atoms with van der Waals surface area (Å²) < 4.78 is 6.46. The van der Waals surface area contributed by atoms with Gasteiger partial charge in [-0.1, -0.05) is 52.9 Å².